The Morgan fingerprint density at radius 2 is 1.93 bits per heavy atom. The third kappa shape index (κ3) is 3.71. The van der Waals surface area contributed by atoms with Gasteiger partial charge in [0.2, 0.25) is 0 Å². The fraction of sp³-hybridized carbons (Fsp3) is 0.476. The van der Waals surface area contributed by atoms with E-state index in [2.05, 4.69) is 14.9 Å². The maximum atomic E-state index is 13.0. The van der Waals surface area contributed by atoms with Gasteiger partial charge in [-0.3, -0.25) is 4.79 Å². The number of ketones is 1. The Hall–Kier alpha value is -2.54. The van der Waals surface area contributed by atoms with Crippen molar-refractivity contribution in [3.8, 4) is 17.2 Å². The molecule has 2 aliphatic rings. The first kappa shape index (κ1) is 19.8. The van der Waals surface area contributed by atoms with Gasteiger partial charge >= 0.3 is 0 Å². The van der Waals surface area contributed by atoms with Crippen LogP contribution in [-0.4, -0.2) is 48.7 Å². The minimum Gasteiger partial charge on any atom is -0.496 e. The van der Waals surface area contributed by atoms with E-state index < -0.39 is 5.60 Å². The molecule has 2 aliphatic heterocycles. The fourth-order valence-corrected chi connectivity index (χ4v) is 4.24. The van der Waals surface area contributed by atoms with Gasteiger partial charge < -0.3 is 19.1 Å². The van der Waals surface area contributed by atoms with Crippen molar-refractivity contribution in [2.75, 3.05) is 32.2 Å². The van der Waals surface area contributed by atoms with Gasteiger partial charge in [0.1, 0.15) is 45.2 Å². The van der Waals surface area contributed by atoms with Crippen LogP contribution < -0.4 is 19.1 Å². The summed E-state index contributed by atoms with van der Waals surface area (Å²) in [6, 6.07) is 5.27. The Labute approximate surface area is 174 Å². The van der Waals surface area contributed by atoms with E-state index in [-0.39, 0.29) is 5.78 Å². The number of fused-ring (bicyclic) bond motifs is 1. The van der Waals surface area contributed by atoms with Gasteiger partial charge in [0.25, 0.3) is 0 Å². The maximum absolute atomic E-state index is 13.0. The summed E-state index contributed by atoms with van der Waals surface area (Å²) in [5.41, 5.74) is -0.0286. The summed E-state index contributed by atoms with van der Waals surface area (Å²) in [5.74, 6) is 3.21. The lowest BCUT2D eigenvalue weighted by molar-refractivity contribution is 0.0225. The van der Waals surface area contributed by atoms with Crippen molar-refractivity contribution in [2.45, 2.75) is 38.2 Å². The monoisotopic (exact) mass is 417 g/mol. The number of carbonyl (C=O) groups excluding carboxylic acids is 1. The van der Waals surface area contributed by atoms with Crippen LogP contribution in [0.15, 0.2) is 18.2 Å². The Morgan fingerprint density at radius 3 is 2.59 bits per heavy atom. The van der Waals surface area contributed by atoms with Crippen LogP contribution in [0.1, 0.15) is 42.4 Å². The van der Waals surface area contributed by atoms with E-state index in [1.54, 1.807) is 32.4 Å². The second-order valence-corrected chi connectivity index (χ2v) is 7.78. The van der Waals surface area contributed by atoms with E-state index in [1.807, 2.05) is 6.92 Å². The Balaban J connectivity index is 1.57. The number of methoxy groups -OCH3 is 2. The van der Waals surface area contributed by atoms with Crippen molar-refractivity contribution >= 4 is 23.2 Å². The summed E-state index contributed by atoms with van der Waals surface area (Å²) in [7, 11) is 3.13. The van der Waals surface area contributed by atoms with Gasteiger partial charge in [-0.15, -0.1) is 0 Å². The molecule has 1 fully saturated rings. The van der Waals surface area contributed by atoms with Crippen molar-refractivity contribution in [2.24, 2.45) is 0 Å². The van der Waals surface area contributed by atoms with Crippen LogP contribution in [0.25, 0.3) is 0 Å². The quantitative estimate of drug-likeness (QED) is 0.702. The number of ether oxygens (including phenoxy) is 3. The predicted octanol–water partition coefficient (Wildman–Crippen LogP) is 3.71. The molecular formula is C21H24ClN3O4. The molecule has 1 saturated heterocycles. The highest BCUT2D eigenvalue weighted by molar-refractivity contribution is 6.29. The van der Waals surface area contributed by atoms with E-state index in [1.165, 1.54) is 0 Å². The number of carbonyl (C=O) groups is 1. The molecule has 0 radical (unpaired) electrons. The number of anilines is 1. The van der Waals surface area contributed by atoms with Crippen LogP contribution in [0.5, 0.6) is 17.2 Å². The van der Waals surface area contributed by atoms with Gasteiger partial charge in [-0.25, -0.2) is 9.97 Å². The Kier molecular flexibility index (Phi) is 5.25. The average molecular weight is 418 g/mol. The van der Waals surface area contributed by atoms with Crippen LogP contribution in [0, 0.1) is 0 Å². The molecule has 0 atom stereocenters. The normalized spacial score (nSPS) is 17.7. The summed E-state index contributed by atoms with van der Waals surface area (Å²) < 4.78 is 17.1. The molecule has 0 N–H and O–H groups in total. The lowest BCUT2D eigenvalue weighted by Crippen LogP contribution is -2.51. The van der Waals surface area contributed by atoms with E-state index in [0.717, 1.165) is 31.2 Å². The highest BCUT2D eigenvalue weighted by Crippen LogP contribution is 2.45. The number of rotatable bonds is 4. The molecule has 4 rings (SSSR count). The number of aromatic nitrogens is 2. The number of piperidine rings is 1. The third-order valence-corrected chi connectivity index (χ3v) is 5.82. The first-order valence-electron chi connectivity index (χ1n) is 9.73. The van der Waals surface area contributed by atoms with Crippen molar-refractivity contribution in [1.29, 1.82) is 0 Å². The molecule has 8 heteroatoms. The van der Waals surface area contributed by atoms with Crippen LogP contribution in [0.2, 0.25) is 5.15 Å². The smallest absolute Gasteiger partial charge is 0.174 e. The molecule has 29 heavy (non-hydrogen) atoms. The van der Waals surface area contributed by atoms with Crippen molar-refractivity contribution in [3.05, 3.63) is 34.7 Å². The highest BCUT2D eigenvalue weighted by atomic mass is 35.5. The number of halogens is 1. The van der Waals surface area contributed by atoms with Gasteiger partial charge in [-0.1, -0.05) is 18.5 Å². The second-order valence-electron chi connectivity index (χ2n) is 7.39. The molecule has 7 nitrogen and oxygen atoms in total. The van der Waals surface area contributed by atoms with Crippen molar-refractivity contribution in [1.82, 2.24) is 9.97 Å². The number of nitrogens with zero attached hydrogens (tertiary/aromatic N) is 3. The summed E-state index contributed by atoms with van der Waals surface area (Å²) in [5, 5.41) is 0.448. The lowest BCUT2D eigenvalue weighted by atomic mass is 9.82. The van der Waals surface area contributed by atoms with Gasteiger partial charge in [-0.05, 0) is 0 Å². The molecule has 1 aromatic carbocycles. The first-order valence-corrected chi connectivity index (χ1v) is 10.1. The molecule has 1 aromatic heterocycles. The highest BCUT2D eigenvalue weighted by Gasteiger charge is 2.44. The molecular weight excluding hydrogens is 394 g/mol. The van der Waals surface area contributed by atoms with Gasteiger partial charge in [-0.2, -0.15) is 0 Å². The SMILES string of the molecule is CCc1nc(Cl)cc(N2CCC3(CC2)CC(=O)c2c(OC)cc(OC)cc2O3)n1. The summed E-state index contributed by atoms with van der Waals surface area (Å²) in [6.07, 6.45) is 2.48. The van der Waals surface area contributed by atoms with E-state index in [0.29, 0.717) is 47.2 Å². The zero-order chi connectivity index (χ0) is 20.6. The predicted molar refractivity (Wildman–Crippen MR) is 110 cm³/mol. The minimum atomic E-state index is -0.525. The number of benzene rings is 1. The minimum absolute atomic E-state index is 0.0394. The number of hydrogen-bond donors (Lipinski definition) is 0. The molecule has 0 bridgehead atoms. The van der Waals surface area contributed by atoms with Crippen molar-refractivity contribution < 1.29 is 19.0 Å². The third-order valence-electron chi connectivity index (χ3n) is 5.63. The molecule has 0 saturated carbocycles. The number of aryl methyl sites for hydroxylation is 1. The molecule has 2 aromatic rings. The zero-order valence-electron chi connectivity index (χ0n) is 16.8. The Bertz CT molecular complexity index is 942. The van der Waals surface area contributed by atoms with E-state index in [9.17, 15) is 4.79 Å². The largest absolute Gasteiger partial charge is 0.496 e. The summed E-state index contributed by atoms with van der Waals surface area (Å²) in [6.45, 7) is 3.45. The molecule has 0 amide bonds. The summed E-state index contributed by atoms with van der Waals surface area (Å²) in [4.78, 5) is 24.0. The molecule has 0 unspecified atom stereocenters. The van der Waals surface area contributed by atoms with Crippen LogP contribution in [-0.2, 0) is 6.42 Å². The lowest BCUT2D eigenvalue weighted by Gasteiger charge is -2.44. The van der Waals surface area contributed by atoms with Crippen LogP contribution >= 0.6 is 11.6 Å². The van der Waals surface area contributed by atoms with Crippen LogP contribution in [0.4, 0.5) is 5.82 Å². The van der Waals surface area contributed by atoms with Gasteiger partial charge in [0, 0.05) is 50.6 Å². The van der Waals surface area contributed by atoms with Gasteiger partial charge in [0.05, 0.1) is 20.6 Å². The van der Waals surface area contributed by atoms with E-state index in [4.69, 9.17) is 25.8 Å². The summed E-state index contributed by atoms with van der Waals surface area (Å²) >= 11 is 6.15. The van der Waals surface area contributed by atoms with Crippen molar-refractivity contribution in [3.63, 3.8) is 0 Å². The van der Waals surface area contributed by atoms with Gasteiger partial charge in [0.15, 0.2) is 5.78 Å². The number of Topliss-reactive ketones (excluding diaryl/α,β-unsaturated/α-hetero) is 1. The molecule has 3 heterocycles. The first-order chi connectivity index (χ1) is 14.0. The zero-order valence-corrected chi connectivity index (χ0v) is 17.6. The average Bonchev–Trinajstić information content (AvgIpc) is 2.72. The second kappa shape index (κ2) is 7.71. The standard InChI is InChI=1S/C21H24ClN3O4/c1-4-18-23-17(22)11-19(24-18)25-7-5-21(6-8-25)12-14(26)20-15(28-3)9-13(27-2)10-16(20)29-21/h9-11H,4-8,12H2,1-3H3. The molecule has 0 aliphatic carbocycles. The number of hydrogen-bond acceptors (Lipinski definition) is 7. The Morgan fingerprint density at radius 1 is 1.17 bits per heavy atom. The topological polar surface area (TPSA) is 73.8 Å². The fourth-order valence-electron chi connectivity index (χ4n) is 4.04. The maximum Gasteiger partial charge on any atom is 0.174 e. The van der Waals surface area contributed by atoms with E-state index >= 15 is 0 Å². The van der Waals surface area contributed by atoms with Crippen LogP contribution in [0.3, 0.4) is 0 Å². The molecule has 1 spiro atoms. The molecule has 154 valence electrons.